The van der Waals surface area contributed by atoms with Crippen molar-refractivity contribution in [3.05, 3.63) is 36.3 Å². The first-order chi connectivity index (χ1) is 8.58. The largest absolute Gasteiger partial charge is 0.504 e. The fourth-order valence-electron chi connectivity index (χ4n) is 1.73. The predicted molar refractivity (Wildman–Crippen MR) is 69.5 cm³/mol. The molecular weight excluding hydrogens is 230 g/mol. The van der Waals surface area contributed by atoms with Gasteiger partial charge in [0.05, 0.1) is 0 Å². The van der Waals surface area contributed by atoms with Crippen LogP contribution in [-0.2, 0) is 6.61 Å². The van der Waals surface area contributed by atoms with Gasteiger partial charge in [0.15, 0.2) is 11.5 Å². The molecule has 2 aromatic rings. The number of nitrogen functional groups attached to an aromatic ring is 1. The summed E-state index contributed by atoms with van der Waals surface area (Å²) < 4.78 is 7.49. The van der Waals surface area contributed by atoms with E-state index >= 15 is 0 Å². The van der Waals surface area contributed by atoms with Crippen LogP contribution in [0.4, 0.5) is 5.82 Å². The van der Waals surface area contributed by atoms with Crippen molar-refractivity contribution >= 4 is 5.82 Å². The number of nitrogens with zero attached hydrogens (tertiary/aromatic N) is 2. The van der Waals surface area contributed by atoms with Crippen LogP contribution in [0.2, 0.25) is 0 Å². The number of phenolic OH excluding ortho intramolecular Hbond substituents is 1. The summed E-state index contributed by atoms with van der Waals surface area (Å²) in [4.78, 5) is 4.21. The van der Waals surface area contributed by atoms with Crippen LogP contribution >= 0.6 is 0 Å². The van der Waals surface area contributed by atoms with Crippen molar-refractivity contribution in [2.75, 3.05) is 5.73 Å². The van der Waals surface area contributed by atoms with Crippen LogP contribution < -0.4 is 10.5 Å². The average Bonchev–Trinajstić information content (AvgIpc) is 2.70. The van der Waals surface area contributed by atoms with Crippen LogP contribution in [0.15, 0.2) is 30.5 Å². The second-order valence-corrected chi connectivity index (χ2v) is 4.34. The van der Waals surface area contributed by atoms with Gasteiger partial charge in [-0.05, 0) is 26.0 Å². The number of anilines is 1. The van der Waals surface area contributed by atoms with E-state index in [1.807, 2.05) is 18.4 Å². The molecule has 2 rings (SSSR count). The molecule has 18 heavy (non-hydrogen) atoms. The maximum absolute atomic E-state index is 9.60. The summed E-state index contributed by atoms with van der Waals surface area (Å²) in [6.45, 7) is 4.36. The third kappa shape index (κ3) is 2.56. The standard InChI is InChI=1S/C13H17N3O2/c1-9(2)16-7-12(14)15-13(16)8-18-11-6-4-3-5-10(11)17/h3-7,9,17H,8,14H2,1-2H3. The molecule has 0 saturated heterocycles. The topological polar surface area (TPSA) is 73.3 Å². The minimum absolute atomic E-state index is 0.119. The van der Waals surface area contributed by atoms with Crippen molar-refractivity contribution in [2.45, 2.75) is 26.5 Å². The van der Waals surface area contributed by atoms with Gasteiger partial charge in [-0.1, -0.05) is 12.1 Å². The lowest BCUT2D eigenvalue weighted by atomic mass is 10.3. The fourth-order valence-corrected chi connectivity index (χ4v) is 1.73. The summed E-state index contributed by atoms with van der Waals surface area (Å²) in [5.41, 5.74) is 5.68. The molecule has 0 amide bonds. The van der Waals surface area contributed by atoms with Crippen molar-refractivity contribution in [3.63, 3.8) is 0 Å². The molecule has 0 aliphatic carbocycles. The van der Waals surface area contributed by atoms with E-state index in [0.29, 0.717) is 11.6 Å². The molecule has 1 aromatic carbocycles. The third-order valence-corrected chi connectivity index (χ3v) is 2.61. The van der Waals surface area contributed by atoms with E-state index < -0.39 is 0 Å². The van der Waals surface area contributed by atoms with Gasteiger partial charge >= 0.3 is 0 Å². The van der Waals surface area contributed by atoms with Gasteiger partial charge in [0.25, 0.3) is 0 Å². The highest BCUT2D eigenvalue weighted by Gasteiger charge is 2.10. The summed E-state index contributed by atoms with van der Waals surface area (Å²) >= 11 is 0. The first kappa shape index (κ1) is 12.3. The van der Waals surface area contributed by atoms with E-state index in [1.165, 1.54) is 0 Å². The van der Waals surface area contributed by atoms with Crippen LogP contribution in [0.5, 0.6) is 11.5 Å². The number of hydrogen-bond donors (Lipinski definition) is 2. The number of benzene rings is 1. The monoisotopic (exact) mass is 247 g/mol. The van der Waals surface area contributed by atoms with Crippen LogP contribution in [0, 0.1) is 0 Å². The Balaban J connectivity index is 2.13. The van der Waals surface area contributed by atoms with Gasteiger partial charge in [-0.3, -0.25) is 0 Å². The number of imidazole rings is 1. The van der Waals surface area contributed by atoms with Gasteiger partial charge in [0.1, 0.15) is 18.2 Å². The zero-order valence-electron chi connectivity index (χ0n) is 10.5. The molecule has 0 spiro atoms. The number of nitrogens with two attached hydrogens (primary N) is 1. The number of rotatable bonds is 4. The number of ether oxygens (including phenoxy) is 1. The molecular formula is C13H17N3O2. The van der Waals surface area contributed by atoms with Gasteiger partial charge in [-0.25, -0.2) is 4.98 Å². The highest BCUT2D eigenvalue weighted by molar-refractivity contribution is 5.38. The first-order valence-electron chi connectivity index (χ1n) is 5.82. The Kier molecular flexibility index (Phi) is 3.41. The molecule has 0 bridgehead atoms. The summed E-state index contributed by atoms with van der Waals surface area (Å²) in [7, 11) is 0. The second kappa shape index (κ2) is 5.00. The Labute approximate surface area is 106 Å². The van der Waals surface area contributed by atoms with Gasteiger partial charge < -0.3 is 20.1 Å². The van der Waals surface area contributed by atoms with Crippen LogP contribution in [0.25, 0.3) is 0 Å². The molecule has 0 fully saturated rings. The van der Waals surface area contributed by atoms with Crippen molar-refractivity contribution in [1.29, 1.82) is 0 Å². The molecule has 0 aliphatic rings. The molecule has 5 nitrogen and oxygen atoms in total. The molecule has 0 unspecified atom stereocenters. The summed E-state index contributed by atoms with van der Waals surface area (Å²) in [5, 5.41) is 9.60. The van der Waals surface area contributed by atoms with Gasteiger partial charge in [0, 0.05) is 12.2 Å². The van der Waals surface area contributed by atoms with Crippen molar-refractivity contribution in [3.8, 4) is 11.5 Å². The molecule has 5 heteroatoms. The molecule has 0 radical (unpaired) electrons. The van der Waals surface area contributed by atoms with Crippen molar-refractivity contribution in [2.24, 2.45) is 0 Å². The number of aromatic hydroxyl groups is 1. The zero-order valence-corrected chi connectivity index (χ0v) is 10.5. The van der Waals surface area contributed by atoms with Crippen LogP contribution in [0.1, 0.15) is 25.7 Å². The molecule has 96 valence electrons. The molecule has 0 atom stereocenters. The van der Waals surface area contributed by atoms with Gasteiger partial charge in [-0.15, -0.1) is 0 Å². The highest BCUT2D eigenvalue weighted by Crippen LogP contribution is 2.25. The van der Waals surface area contributed by atoms with E-state index in [0.717, 1.165) is 5.82 Å². The smallest absolute Gasteiger partial charge is 0.161 e. The Bertz CT molecular complexity index is 535. The van der Waals surface area contributed by atoms with E-state index in [1.54, 1.807) is 30.5 Å². The quantitative estimate of drug-likeness (QED) is 0.869. The van der Waals surface area contributed by atoms with E-state index in [-0.39, 0.29) is 18.4 Å². The van der Waals surface area contributed by atoms with Crippen LogP contribution in [-0.4, -0.2) is 14.7 Å². The molecule has 1 heterocycles. The van der Waals surface area contributed by atoms with Crippen LogP contribution in [0.3, 0.4) is 0 Å². The lowest BCUT2D eigenvalue weighted by Crippen LogP contribution is -2.08. The SMILES string of the molecule is CC(C)n1cc(N)nc1COc1ccccc1O. The minimum Gasteiger partial charge on any atom is -0.504 e. The zero-order chi connectivity index (χ0) is 13.1. The lowest BCUT2D eigenvalue weighted by molar-refractivity contribution is 0.272. The maximum Gasteiger partial charge on any atom is 0.161 e. The third-order valence-electron chi connectivity index (χ3n) is 2.61. The van der Waals surface area contributed by atoms with Gasteiger partial charge in [0.2, 0.25) is 0 Å². The lowest BCUT2D eigenvalue weighted by Gasteiger charge is -2.12. The van der Waals surface area contributed by atoms with E-state index in [2.05, 4.69) is 4.98 Å². The number of para-hydroxylation sites is 2. The molecule has 0 aliphatic heterocycles. The summed E-state index contributed by atoms with van der Waals surface area (Å²) in [6.07, 6.45) is 1.79. The highest BCUT2D eigenvalue weighted by atomic mass is 16.5. The second-order valence-electron chi connectivity index (χ2n) is 4.34. The Morgan fingerprint density at radius 3 is 2.78 bits per heavy atom. The van der Waals surface area contributed by atoms with Crippen molar-refractivity contribution in [1.82, 2.24) is 9.55 Å². The van der Waals surface area contributed by atoms with Crippen molar-refractivity contribution < 1.29 is 9.84 Å². The Hall–Kier alpha value is -2.17. The number of phenols is 1. The number of aromatic nitrogens is 2. The normalized spacial score (nSPS) is 10.8. The molecule has 1 aromatic heterocycles. The summed E-state index contributed by atoms with van der Waals surface area (Å²) in [6, 6.07) is 7.10. The minimum atomic E-state index is 0.119. The first-order valence-corrected chi connectivity index (χ1v) is 5.82. The maximum atomic E-state index is 9.60. The fraction of sp³-hybridized carbons (Fsp3) is 0.308. The average molecular weight is 247 g/mol. The predicted octanol–water partition coefficient (Wildman–Crippen LogP) is 2.33. The Morgan fingerprint density at radius 1 is 1.39 bits per heavy atom. The molecule has 3 N–H and O–H groups in total. The number of hydrogen-bond acceptors (Lipinski definition) is 4. The van der Waals surface area contributed by atoms with E-state index in [4.69, 9.17) is 10.5 Å². The summed E-state index contributed by atoms with van der Waals surface area (Å²) in [5.74, 6) is 1.77. The van der Waals surface area contributed by atoms with Gasteiger partial charge in [-0.2, -0.15) is 0 Å². The molecule has 0 saturated carbocycles. The Morgan fingerprint density at radius 2 is 2.11 bits per heavy atom. The van der Waals surface area contributed by atoms with E-state index in [9.17, 15) is 5.11 Å².